The molecule has 0 amide bonds. The molecule has 0 aromatic carbocycles. The highest BCUT2D eigenvalue weighted by atomic mass is 16.5. The number of carbonyl (C=O) groups is 1. The summed E-state index contributed by atoms with van der Waals surface area (Å²) in [6, 6.07) is 0. The Labute approximate surface area is 103 Å². The summed E-state index contributed by atoms with van der Waals surface area (Å²) in [6.07, 6.45) is 4.47. The van der Waals surface area contributed by atoms with Crippen molar-refractivity contribution in [3.8, 4) is 11.8 Å². The average molecular weight is 236 g/mol. The van der Waals surface area contributed by atoms with Gasteiger partial charge in [0.25, 0.3) is 0 Å². The van der Waals surface area contributed by atoms with E-state index in [9.17, 15) is 4.79 Å². The van der Waals surface area contributed by atoms with Gasteiger partial charge in [-0.3, -0.25) is 0 Å². The van der Waals surface area contributed by atoms with Crippen molar-refractivity contribution in [3.63, 3.8) is 0 Å². The Bertz CT molecular complexity index is 344. The maximum absolute atomic E-state index is 11.6. The molecule has 0 bridgehead atoms. The van der Waals surface area contributed by atoms with Crippen LogP contribution in [-0.2, 0) is 14.3 Å². The molecule has 1 aliphatic carbocycles. The van der Waals surface area contributed by atoms with E-state index in [0.717, 1.165) is 49.9 Å². The SMILES string of the molecule is CCOC(=O)C1=C(C#CCCCOC)CCC1. The molecule has 0 aromatic heterocycles. The first kappa shape index (κ1) is 13.8. The molecular formula is C14H20O3. The van der Waals surface area contributed by atoms with Gasteiger partial charge in [0.05, 0.1) is 6.61 Å². The lowest BCUT2D eigenvalue weighted by molar-refractivity contribution is -0.138. The lowest BCUT2D eigenvalue weighted by atomic mass is 10.1. The van der Waals surface area contributed by atoms with Crippen LogP contribution in [0.15, 0.2) is 11.1 Å². The number of hydrogen-bond donors (Lipinski definition) is 0. The fourth-order valence-electron chi connectivity index (χ4n) is 1.80. The predicted octanol–water partition coefficient (Wildman–Crippen LogP) is 2.46. The van der Waals surface area contributed by atoms with E-state index in [1.807, 2.05) is 6.92 Å². The number of rotatable bonds is 5. The van der Waals surface area contributed by atoms with Crippen molar-refractivity contribution in [2.24, 2.45) is 0 Å². The van der Waals surface area contributed by atoms with Crippen LogP contribution in [0.5, 0.6) is 0 Å². The molecule has 0 aromatic rings. The lowest BCUT2D eigenvalue weighted by Gasteiger charge is -2.02. The molecule has 0 unspecified atom stereocenters. The van der Waals surface area contributed by atoms with E-state index in [1.54, 1.807) is 7.11 Å². The Morgan fingerprint density at radius 3 is 2.94 bits per heavy atom. The molecule has 0 saturated carbocycles. The molecule has 0 atom stereocenters. The van der Waals surface area contributed by atoms with Gasteiger partial charge < -0.3 is 9.47 Å². The summed E-state index contributed by atoms with van der Waals surface area (Å²) < 4.78 is 9.97. The van der Waals surface area contributed by atoms with Crippen molar-refractivity contribution in [2.75, 3.05) is 20.3 Å². The van der Waals surface area contributed by atoms with Crippen LogP contribution < -0.4 is 0 Å². The average Bonchev–Trinajstić information content (AvgIpc) is 2.77. The van der Waals surface area contributed by atoms with Crippen molar-refractivity contribution >= 4 is 5.97 Å². The number of ether oxygens (including phenoxy) is 2. The summed E-state index contributed by atoms with van der Waals surface area (Å²) in [5, 5.41) is 0. The van der Waals surface area contributed by atoms with Crippen molar-refractivity contribution in [2.45, 2.75) is 39.0 Å². The minimum Gasteiger partial charge on any atom is -0.463 e. The molecule has 0 radical (unpaired) electrons. The van der Waals surface area contributed by atoms with Gasteiger partial charge in [0.1, 0.15) is 0 Å². The smallest absolute Gasteiger partial charge is 0.334 e. The maximum atomic E-state index is 11.6. The second kappa shape index (κ2) is 7.92. The fourth-order valence-corrected chi connectivity index (χ4v) is 1.80. The Kier molecular flexibility index (Phi) is 6.42. The summed E-state index contributed by atoms with van der Waals surface area (Å²) in [4.78, 5) is 11.6. The van der Waals surface area contributed by atoms with E-state index in [2.05, 4.69) is 11.8 Å². The van der Waals surface area contributed by atoms with Gasteiger partial charge in [-0.25, -0.2) is 4.79 Å². The molecule has 0 N–H and O–H groups in total. The molecule has 1 rings (SSSR count). The Balaban J connectivity index is 2.54. The van der Waals surface area contributed by atoms with Crippen LogP contribution in [-0.4, -0.2) is 26.3 Å². The van der Waals surface area contributed by atoms with Crippen LogP contribution >= 0.6 is 0 Å². The largest absolute Gasteiger partial charge is 0.463 e. The van der Waals surface area contributed by atoms with Crippen LogP contribution in [0.2, 0.25) is 0 Å². The first-order chi connectivity index (χ1) is 8.29. The predicted molar refractivity (Wildman–Crippen MR) is 66.4 cm³/mol. The number of allylic oxidation sites excluding steroid dienone is 1. The summed E-state index contributed by atoms with van der Waals surface area (Å²) in [6.45, 7) is 2.98. The number of unbranched alkanes of at least 4 members (excludes halogenated alkanes) is 1. The van der Waals surface area contributed by atoms with E-state index in [1.165, 1.54) is 0 Å². The van der Waals surface area contributed by atoms with Crippen LogP contribution in [0.4, 0.5) is 0 Å². The summed E-state index contributed by atoms with van der Waals surface area (Å²) >= 11 is 0. The molecule has 1 aliphatic rings. The van der Waals surface area contributed by atoms with Gasteiger partial charge in [-0.15, -0.1) is 0 Å². The third-order valence-electron chi connectivity index (χ3n) is 2.63. The van der Waals surface area contributed by atoms with E-state index < -0.39 is 0 Å². The zero-order chi connectivity index (χ0) is 12.5. The first-order valence-corrected chi connectivity index (χ1v) is 6.16. The van der Waals surface area contributed by atoms with Crippen molar-refractivity contribution < 1.29 is 14.3 Å². The minimum atomic E-state index is -0.189. The van der Waals surface area contributed by atoms with Gasteiger partial charge in [-0.1, -0.05) is 11.8 Å². The van der Waals surface area contributed by atoms with Crippen LogP contribution in [0.3, 0.4) is 0 Å². The number of carbonyl (C=O) groups excluding carboxylic acids is 1. The van der Waals surface area contributed by atoms with Crippen LogP contribution in [0, 0.1) is 11.8 Å². The third-order valence-corrected chi connectivity index (χ3v) is 2.63. The number of esters is 1. The molecular weight excluding hydrogens is 216 g/mol. The standard InChI is InChI=1S/C14H20O3/c1-3-17-14(15)13-10-7-9-12(13)8-5-4-6-11-16-2/h3-4,6-7,9-11H2,1-2H3. The van der Waals surface area contributed by atoms with Crippen molar-refractivity contribution in [3.05, 3.63) is 11.1 Å². The van der Waals surface area contributed by atoms with E-state index in [-0.39, 0.29) is 5.97 Å². The molecule has 0 aliphatic heterocycles. The van der Waals surface area contributed by atoms with Crippen LogP contribution in [0.25, 0.3) is 0 Å². The van der Waals surface area contributed by atoms with Gasteiger partial charge >= 0.3 is 5.97 Å². The van der Waals surface area contributed by atoms with Gasteiger partial charge in [0.15, 0.2) is 0 Å². The maximum Gasteiger partial charge on any atom is 0.334 e. The van der Waals surface area contributed by atoms with Crippen molar-refractivity contribution in [1.29, 1.82) is 0 Å². The number of methoxy groups -OCH3 is 1. The summed E-state index contributed by atoms with van der Waals surface area (Å²) in [5.74, 6) is 6.01. The van der Waals surface area contributed by atoms with Crippen LogP contribution in [0.1, 0.15) is 39.0 Å². The quantitative estimate of drug-likeness (QED) is 0.418. The minimum absolute atomic E-state index is 0.189. The normalized spacial score (nSPS) is 14.5. The van der Waals surface area contributed by atoms with E-state index >= 15 is 0 Å². The van der Waals surface area contributed by atoms with E-state index in [0.29, 0.717) is 6.61 Å². The summed E-state index contributed by atoms with van der Waals surface area (Å²) in [7, 11) is 1.69. The van der Waals surface area contributed by atoms with Crippen molar-refractivity contribution in [1.82, 2.24) is 0 Å². The topological polar surface area (TPSA) is 35.5 Å². The third kappa shape index (κ3) is 4.62. The fraction of sp³-hybridized carbons (Fsp3) is 0.643. The van der Waals surface area contributed by atoms with Gasteiger partial charge in [0.2, 0.25) is 0 Å². The van der Waals surface area contributed by atoms with Gasteiger partial charge in [-0.2, -0.15) is 0 Å². The van der Waals surface area contributed by atoms with Gasteiger partial charge in [0, 0.05) is 31.3 Å². The van der Waals surface area contributed by atoms with Gasteiger partial charge in [-0.05, 0) is 32.6 Å². The monoisotopic (exact) mass is 236 g/mol. The van der Waals surface area contributed by atoms with E-state index in [4.69, 9.17) is 9.47 Å². The number of hydrogen-bond acceptors (Lipinski definition) is 3. The molecule has 0 fully saturated rings. The second-order valence-corrected chi connectivity index (χ2v) is 3.93. The molecule has 94 valence electrons. The molecule has 3 nitrogen and oxygen atoms in total. The molecule has 0 heterocycles. The Morgan fingerprint density at radius 1 is 1.41 bits per heavy atom. The summed E-state index contributed by atoms with van der Waals surface area (Å²) in [5.41, 5.74) is 1.76. The highest BCUT2D eigenvalue weighted by molar-refractivity contribution is 5.91. The molecule has 3 heteroatoms. The molecule has 0 spiro atoms. The second-order valence-electron chi connectivity index (χ2n) is 3.93. The molecule has 0 saturated heterocycles. The molecule has 17 heavy (non-hydrogen) atoms. The Hall–Kier alpha value is -1.27. The first-order valence-electron chi connectivity index (χ1n) is 6.16. The Morgan fingerprint density at radius 2 is 2.24 bits per heavy atom. The highest BCUT2D eigenvalue weighted by Crippen LogP contribution is 2.26. The lowest BCUT2D eigenvalue weighted by Crippen LogP contribution is -2.07. The highest BCUT2D eigenvalue weighted by Gasteiger charge is 2.20. The zero-order valence-electron chi connectivity index (χ0n) is 10.7. The zero-order valence-corrected chi connectivity index (χ0v) is 10.7.